The number of sulfone groups is 1. The highest BCUT2D eigenvalue weighted by atomic mass is 35.5. The van der Waals surface area contributed by atoms with Gasteiger partial charge in [0.25, 0.3) is 0 Å². The zero-order chi connectivity index (χ0) is 13.4. The highest BCUT2D eigenvalue weighted by Crippen LogP contribution is 2.31. The quantitative estimate of drug-likeness (QED) is 0.919. The van der Waals surface area contributed by atoms with Crippen molar-refractivity contribution < 1.29 is 22.7 Å². The number of alkyl halides is 1. The van der Waals surface area contributed by atoms with Crippen molar-refractivity contribution in [1.82, 2.24) is 0 Å². The van der Waals surface area contributed by atoms with Gasteiger partial charge in [-0.2, -0.15) is 0 Å². The Labute approximate surface area is 103 Å². The lowest BCUT2D eigenvalue weighted by Gasteiger charge is -2.16. The molecule has 0 aromatic heterocycles. The van der Waals surface area contributed by atoms with Crippen molar-refractivity contribution in [2.45, 2.75) is 17.5 Å². The lowest BCUT2D eigenvalue weighted by Crippen LogP contribution is -2.26. The smallest absolute Gasteiger partial charge is 0.345 e. The standard InChI is InChI=1S/C10H10ClFO4S/c1-10(12,9(13)14)6-3-4-8(7(11)5-6)17(2,15)16/h3-5H,1-2H3,(H,13,14). The topological polar surface area (TPSA) is 71.4 Å². The molecule has 17 heavy (non-hydrogen) atoms. The first-order valence-electron chi connectivity index (χ1n) is 4.49. The number of carbonyl (C=O) groups is 1. The van der Waals surface area contributed by atoms with Gasteiger partial charge in [-0.15, -0.1) is 0 Å². The second-order valence-electron chi connectivity index (χ2n) is 3.73. The van der Waals surface area contributed by atoms with Gasteiger partial charge in [0.15, 0.2) is 9.84 Å². The maximum atomic E-state index is 13.7. The van der Waals surface area contributed by atoms with E-state index in [2.05, 4.69) is 0 Å². The molecule has 0 heterocycles. The zero-order valence-corrected chi connectivity index (χ0v) is 10.6. The minimum atomic E-state index is -3.52. The van der Waals surface area contributed by atoms with Crippen LogP contribution in [0.1, 0.15) is 12.5 Å². The molecule has 0 amide bonds. The van der Waals surface area contributed by atoms with E-state index in [0.29, 0.717) is 0 Å². The molecule has 0 aliphatic carbocycles. The third-order valence-corrected chi connectivity index (χ3v) is 3.85. The number of benzene rings is 1. The van der Waals surface area contributed by atoms with Gasteiger partial charge in [-0.25, -0.2) is 17.6 Å². The highest BCUT2D eigenvalue weighted by Gasteiger charge is 2.35. The van der Waals surface area contributed by atoms with Crippen LogP contribution in [0.15, 0.2) is 23.1 Å². The molecule has 0 bridgehead atoms. The minimum absolute atomic E-state index is 0.163. The number of hydrogen-bond donors (Lipinski definition) is 1. The molecule has 0 saturated carbocycles. The molecule has 7 heteroatoms. The van der Waals surface area contributed by atoms with Crippen LogP contribution in [0.4, 0.5) is 4.39 Å². The van der Waals surface area contributed by atoms with Crippen LogP contribution in [0.2, 0.25) is 5.02 Å². The Morgan fingerprint density at radius 3 is 2.35 bits per heavy atom. The fraction of sp³-hybridized carbons (Fsp3) is 0.300. The number of halogens is 2. The number of hydrogen-bond acceptors (Lipinski definition) is 3. The maximum Gasteiger partial charge on any atom is 0.345 e. The van der Waals surface area contributed by atoms with Gasteiger partial charge in [-0.3, -0.25) is 0 Å². The lowest BCUT2D eigenvalue weighted by molar-refractivity contribution is -0.150. The van der Waals surface area contributed by atoms with Crippen molar-refractivity contribution in [3.05, 3.63) is 28.8 Å². The first kappa shape index (κ1) is 13.9. The van der Waals surface area contributed by atoms with Crippen molar-refractivity contribution in [1.29, 1.82) is 0 Å². The summed E-state index contributed by atoms with van der Waals surface area (Å²) in [6, 6.07) is 3.19. The van der Waals surface area contributed by atoms with Crippen LogP contribution in [-0.2, 0) is 20.3 Å². The highest BCUT2D eigenvalue weighted by molar-refractivity contribution is 7.90. The van der Waals surface area contributed by atoms with E-state index in [1.54, 1.807) is 0 Å². The van der Waals surface area contributed by atoms with E-state index in [1.165, 1.54) is 0 Å². The van der Waals surface area contributed by atoms with E-state index in [1.807, 2.05) is 0 Å². The fourth-order valence-electron chi connectivity index (χ4n) is 1.22. The molecule has 1 atom stereocenters. The molecule has 1 N–H and O–H groups in total. The molecule has 0 radical (unpaired) electrons. The summed E-state index contributed by atoms with van der Waals surface area (Å²) in [5.74, 6) is -1.67. The summed E-state index contributed by atoms with van der Waals surface area (Å²) < 4.78 is 36.3. The normalized spacial score (nSPS) is 15.3. The Kier molecular flexibility index (Phi) is 3.50. The second-order valence-corrected chi connectivity index (χ2v) is 6.12. The van der Waals surface area contributed by atoms with Crippen molar-refractivity contribution in [2.24, 2.45) is 0 Å². The van der Waals surface area contributed by atoms with E-state index < -0.39 is 21.5 Å². The van der Waals surface area contributed by atoms with Gasteiger partial charge in [0, 0.05) is 11.8 Å². The fourth-order valence-corrected chi connectivity index (χ4v) is 2.55. The van der Waals surface area contributed by atoms with E-state index in [4.69, 9.17) is 16.7 Å². The Morgan fingerprint density at radius 2 is 2.00 bits per heavy atom. The molecule has 1 aromatic rings. The molecule has 1 unspecified atom stereocenters. The van der Waals surface area contributed by atoms with Gasteiger partial charge >= 0.3 is 5.97 Å². The van der Waals surface area contributed by atoms with Crippen LogP contribution >= 0.6 is 11.6 Å². The monoisotopic (exact) mass is 280 g/mol. The summed E-state index contributed by atoms with van der Waals surface area (Å²) >= 11 is 5.69. The second kappa shape index (κ2) is 4.27. The van der Waals surface area contributed by atoms with Gasteiger partial charge in [0.05, 0.1) is 9.92 Å². The van der Waals surface area contributed by atoms with Crippen LogP contribution in [0.5, 0.6) is 0 Å². The Hall–Kier alpha value is -1.14. The third-order valence-electron chi connectivity index (χ3n) is 2.28. The van der Waals surface area contributed by atoms with Gasteiger partial charge in [0.2, 0.25) is 5.67 Å². The van der Waals surface area contributed by atoms with Crippen LogP contribution in [0.3, 0.4) is 0 Å². The van der Waals surface area contributed by atoms with Crippen LogP contribution in [0, 0.1) is 0 Å². The third kappa shape index (κ3) is 2.76. The summed E-state index contributed by atoms with van der Waals surface area (Å²) in [7, 11) is -3.52. The Bertz CT molecular complexity index is 566. The van der Waals surface area contributed by atoms with Crippen LogP contribution in [0.25, 0.3) is 0 Å². The Morgan fingerprint density at radius 1 is 1.47 bits per heavy atom. The van der Waals surface area contributed by atoms with E-state index >= 15 is 0 Å². The summed E-state index contributed by atoms with van der Waals surface area (Å²) in [4.78, 5) is 10.5. The van der Waals surface area contributed by atoms with Crippen LogP contribution < -0.4 is 0 Å². The molecule has 0 aliphatic heterocycles. The zero-order valence-electron chi connectivity index (χ0n) is 9.07. The van der Waals surface area contributed by atoms with Crippen molar-refractivity contribution in [3.8, 4) is 0 Å². The van der Waals surface area contributed by atoms with Gasteiger partial charge in [-0.1, -0.05) is 17.7 Å². The molecule has 1 aromatic carbocycles. The predicted molar refractivity (Wildman–Crippen MR) is 60.7 cm³/mol. The number of carboxylic acid groups (broad SMARTS) is 1. The largest absolute Gasteiger partial charge is 0.479 e. The van der Waals surface area contributed by atoms with Gasteiger partial charge in [-0.05, 0) is 19.1 Å². The predicted octanol–water partition coefficient (Wildman–Crippen LogP) is 2.01. The molecule has 1 rings (SSSR count). The molecule has 94 valence electrons. The molecular weight excluding hydrogens is 271 g/mol. The molecular formula is C10H10ClFO4S. The SMILES string of the molecule is CC(F)(C(=O)O)c1ccc(S(C)(=O)=O)c(Cl)c1. The first-order chi connectivity index (χ1) is 7.56. The lowest BCUT2D eigenvalue weighted by atomic mass is 9.98. The molecule has 0 aliphatic rings. The summed E-state index contributed by atoms with van der Waals surface area (Å²) in [6.07, 6.45) is 0.958. The maximum absolute atomic E-state index is 13.7. The van der Waals surface area contributed by atoms with Gasteiger partial charge in [0.1, 0.15) is 0 Å². The summed E-state index contributed by atoms with van der Waals surface area (Å²) in [6.45, 7) is 0.862. The molecule has 4 nitrogen and oxygen atoms in total. The molecule has 0 spiro atoms. The number of carboxylic acids is 1. The number of rotatable bonds is 3. The molecule has 0 fully saturated rings. The van der Waals surface area contributed by atoms with E-state index in [-0.39, 0.29) is 15.5 Å². The first-order valence-corrected chi connectivity index (χ1v) is 6.76. The Balaban J connectivity index is 3.37. The van der Waals surface area contributed by atoms with E-state index in [0.717, 1.165) is 31.4 Å². The summed E-state index contributed by atoms with van der Waals surface area (Å²) in [5, 5.41) is 8.48. The minimum Gasteiger partial charge on any atom is -0.479 e. The number of aliphatic carboxylic acids is 1. The van der Waals surface area contributed by atoms with E-state index in [9.17, 15) is 17.6 Å². The van der Waals surface area contributed by atoms with Crippen molar-refractivity contribution >= 4 is 27.4 Å². The van der Waals surface area contributed by atoms with Gasteiger partial charge < -0.3 is 5.11 Å². The van der Waals surface area contributed by atoms with Crippen molar-refractivity contribution in [2.75, 3.05) is 6.26 Å². The van der Waals surface area contributed by atoms with Crippen molar-refractivity contribution in [3.63, 3.8) is 0 Å². The molecule has 0 saturated heterocycles. The van der Waals surface area contributed by atoms with Crippen LogP contribution in [-0.4, -0.2) is 25.7 Å². The average molecular weight is 281 g/mol. The average Bonchev–Trinajstić information content (AvgIpc) is 2.15. The summed E-state index contributed by atoms with van der Waals surface area (Å²) in [5.41, 5.74) is -2.82.